The van der Waals surface area contributed by atoms with E-state index >= 15 is 0 Å². The Bertz CT molecular complexity index is 295. The maximum absolute atomic E-state index is 11.0. The van der Waals surface area contributed by atoms with Crippen LogP contribution >= 0.6 is 0 Å². The van der Waals surface area contributed by atoms with Crippen molar-refractivity contribution in [3.63, 3.8) is 0 Å². The molecule has 0 aromatic rings. The minimum atomic E-state index is -3.60. The van der Waals surface area contributed by atoms with E-state index in [-0.39, 0.29) is 5.84 Å². The van der Waals surface area contributed by atoms with Gasteiger partial charge in [0.05, 0.1) is 5.54 Å². The van der Waals surface area contributed by atoms with Gasteiger partial charge in [-0.1, -0.05) is 5.16 Å². The molecule has 0 heterocycles. The van der Waals surface area contributed by atoms with Crippen LogP contribution in [-0.2, 0) is 10.2 Å². The van der Waals surface area contributed by atoms with E-state index in [0.717, 1.165) is 0 Å². The Balaban J connectivity index is 4.72. The van der Waals surface area contributed by atoms with Crippen LogP contribution in [0.2, 0.25) is 0 Å². The Kier molecular flexibility index (Phi) is 3.64. The van der Waals surface area contributed by atoms with E-state index in [1.165, 1.54) is 20.9 Å². The van der Waals surface area contributed by atoms with Crippen LogP contribution in [-0.4, -0.2) is 32.0 Å². The minimum Gasteiger partial charge on any atom is -0.409 e. The smallest absolute Gasteiger partial charge is 0.277 e. The first kappa shape index (κ1) is 12.1. The first-order valence-electron chi connectivity index (χ1n) is 3.45. The third kappa shape index (κ3) is 3.57. The SMILES string of the molecule is CNS(=O)(=O)NC(C)(C)C(N)=NO. The van der Waals surface area contributed by atoms with E-state index in [0.29, 0.717) is 0 Å². The van der Waals surface area contributed by atoms with Crippen molar-refractivity contribution in [1.82, 2.24) is 9.44 Å². The summed E-state index contributed by atoms with van der Waals surface area (Å²) in [7, 11) is -2.35. The Morgan fingerprint density at radius 2 is 2.00 bits per heavy atom. The molecule has 5 N–H and O–H groups in total. The van der Waals surface area contributed by atoms with Gasteiger partial charge in [0.25, 0.3) is 10.2 Å². The van der Waals surface area contributed by atoms with Crippen molar-refractivity contribution in [2.75, 3.05) is 7.05 Å². The molecule has 0 aliphatic carbocycles. The average molecular weight is 210 g/mol. The third-order valence-electron chi connectivity index (χ3n) is 1.41. The quantitative estimate of drug-likeness (QED) is 0.197. The molecule has 0 radical (unpaired) electrons. The second-order valence-corrected chi connectivity index (χ2v) is 4.54. The first-order chi connectivity index (χ1) is 5.75. The summed E-state index contributed by atoms with van der Waals surface area (Å²) in [5, 5.41) is 11.1. The Morgan fingerprint density at radius 3 is 2.31 bits per heavy atom. The van der Waals surface area contributed by atoms with Gasteiger partial charge in [0, 0.05) is 7.05 Å². The minimum absolute atomic E-state index is 0.216. The molecule has 0 aromatic heterocycles. The van der Waals surface area contributed by atoms with Crippen LogP contribution in [0.3, 0.4) is 0 Å². The summed E-state index contributed by atoms with van der Waals surface area (Å²) >= 11 is 0. The molecule has 0 spiro atoms. The molecule has 0 saturated heterocycles. The zero-order valence-corrected chi connectivity index (χ0v) is 8.51. The molecule has 0 unspecified atom stereocenters. The van der Waals surface area contributed by atoms with Crippen molar-refractivity contribution in [2.45, 2.75) is 19.4 Å². The van der Waals surface area contributed by atoms with Gasteiger partial charge in [-0.3, -0.25) is 0 Å². The van der Waals surface area contributed by atoms with Crippen molar-refractivity contribution in [3.05, 3.63) is 0 Å². The summed E-state index contributed by atoms with van der Waals surface area (Å²) < 4.78 is 26.3. The fraction of sp³-hybridized carbons (Fsp3) is 0.800. The van der Waals surface area contributed by atoms with Crippen molar-refractivity contribution >= 4 is 16.0 Å². The van der Waals surface area contributed by atoms with Crippen LogP contribution in [0.5, 0.6) is 0 Å². The molecule has 0 fully saturated rings. The molecule has 7 nitrogen and oxygen atoms in total. The summed E-state index contributed by atoms with van der Waals surface area (Å²) in [6, 6.07) is 0. The number of amidine groups is 1. The van der Waals surface area contributed by atoms with Gasteiger partial charge in [0.2, 0.25) is 0 Å². The van der Waals surface area contributed by atoms with E-state index in [4.69, 9.17) is 10.9 Å². The number of rotatable bonds is 4. The van der Waals surface area contributed by atoms with Crippen LogP contribution in [0.25, 0.3) is 0 Å². The number of nitrogens with zero attached hydrogens (tertiary/aromatic N) is 1. The van der Waals surface area contributed by atoms with Gasteiger partial charge in [-0.15, -0.1) is 0 Å². The standard InChI is InChI=1S/C5H14N4O3S/c1-5(2,4(6)8-10)9-13(11,12)7-3/h7,9-10H,1-3H3,(H2,6,8). The second kappa shape index (κ2) is 3.90. The summed E-state index contributed by atoms with van der Waals surface area (Å²) in [6.07, 6.45) is 0. The number of oxime groups is 1. The zero-order valence-electron chi connectivity index (χ0n) is 7.70. The molecule has 8 heteroatoms. The molecule has 0 amide bonds. The Hall–Kier alpha value is -0.860. The van der Waals surface area contributed by atoms with Crippen molar-refractivity contribution in [3.8, 4) is 0 Å². The van der Waals surface area contributed by atoms with E-state index in [1.807, 2.05) is 4.72 Å². The van der Waals surface area contributed by atoms with Gasteiger partial charge in [0.15, 0.2) is 5.84 Å². The van der Waals surface area contributed by atoms with Crippen molar-refractivity contribution in [2.24, 2.45) is 10.9 Å². The molecule has 0 saturated carbocycles. The van der Waals surface area contributed by atoms with E-state index in [1.54, 1.807) is 0 Å². The molecule has 0 aliphatic heterocycles. The molecule has 0 rings (SSSR count). The molecular formula is C5H14N4O3S. The Labute approximate surface area is 77.2 Å². The lowest BCUT2D eigenvalue weighted by Crippen LogP contribution is -2.55. The van der Waals surface area contributed by atoms with E-state index in [2.05, 4.69) is 9.88 Å². The van der Waals surface area contributed by atoms with Crippen molar-refractivity contribution < 1.29 is 13.6 Å². The highest BCUT2D eigenvalue weighted by molar-refractivity contribution is 7.87. The van der Waals surface area contributed by atoms with Gasteiger partial charge in [-0.2, -0.15) is 13.1 Å². The summed E-state index contributed by atoms with van der Waals surface area (Å²) in [6.45, 7) is 2.94. The summed E-state index contributed by atoms with van der Waals surface area (Å²) in [4.78, 5) is 0. The highest BCUT2D eigenvalue weighted by Crippen LogP contribution is 2.02. The van der Waals surface area contributed by atoms with Crippen LogP contribution in [0.4, 0.5) is 0 Å². The van der Waals surface area contributed by atoms with Gasteiger partial charge < -0.3 is 10.9 Å². The molecule has 78 valence electrons. The van der Waals surface area contributed by atoms with E-state index < -0.39 is 15.7 Å². The zero-order chi connectivity index (χ0) is 10.7. The predicted molar refractivity (Wildman–Crippen MR) is 48.6 cm³/mol. The first-order valence-corrected chi connectivity index (χ1v) is 4.94. The molecule has 0 bridgehead atoms. The van der Waals surface area contributed by atoms with Crippen molar-refractivity contribution in [1.29, 1.82) is 0 Å². The normalized spacial score (nSPS) is 14.5. The molecule has 13 heavy (non-hydrogen) atoms. The number of nitrogens with one attached hydrogen (secondary N) is 2. The van der Waals surface area contributed by atoms with E-state index in [9.17, 15) is 8.42 Å². The fourth-order valence-electron chi connectivity index (χ4n) is 0.564. The molecule has 0 aromatic carbocycles. The molecule has 0 atom stereocenters. The van der Waals surface area contributed by atoms with Crippen LogP contribution in [0.15, 0.2) is 5.16 Å². The van der Waals surface area contributed by atoms with Gasteiger partial charge in [0.1, 0.15) is 0 Å². The maximum atomic E-state index is 11.0. The number of hydrogen-bond acceptors (Lipinski definition) is 4. The topological polar surface area (TPSA) is 117 Å². The number of hydrogen-bond donors (Lipinski definition) is 4. The maximum Gasteiger partial charge on any atom is 0.277 e. The number of nitrogens with two attached hydrogens (primary N) is 1. The Morgan fingerprint density at radius 1 is 1.54 bits per heavy atom. The lowest BCUT2D eigenvalue weighted by Gasteiger charge is -2.23. The van der Waals surface area contributed by atoms with Crippen LogP contribution < -0.4 is 15.2 Å². The highest BCUT2D eigenvalue weighted by Gasteiger charge is 2.28. The summed E-state index contributed by atoms with van der Waals surface area (Å²) in [5.74, 6) is -0.216. The van der Waals surface area contributed by atoms with Crippen LogP contribution in [0, 0.1) is 0 Å². The largest absolute Gasteiger partial charge is 0.409 e. The van der Waals surface area contributed by atoms with Gasteiger partial charge in [-0.25, -0.2) is 4.72 Å². The second-order valence-electron chi connectivity index (χ2n) is 2.92. The summed E-state index contributed by atoms with van der Waals surface area (Å²) in [5.41, 5.74) is 4.13. The molecular weight excluding hydrogens is 196 g/mol. The van der Waals surface area contributed by atoms with Gasteiger partial charge in [-0.05, 0) is 13.8 Å². The predicted octanol–water partition coefficient (Wildman–Crippen LogP) is -1.43. The highest BCUT2D eigenvalue weighted by atomic mass is 32.2. The van der Waals surface area contributed by atoms with Crippen LogP contribution in [0.1, 0.15) is 13.8 Å². The third-order valence-corrected chi connectivity index (χ3v) is 2.72. The molecule has 0 aliphatic rings. The fourth-order valence-corrected chi connectivity index (χ4v) is 1.44. The lowest BCUT2D eigenvalue weighted by molar-refractivity contribution is 0.312. The average Bonchev–Trinajstić information content (AvgIpc) is 2.01. The van der Waals surface area contributed by atoms with Gasteiger partial charge >= 0.3 is 0 Å². The monoisotopic (exact) mass is 210 g/mol. The lowest BCUT2D eigenvalue weighted by atomic mass is 10.1.